The van der Waals surface area contributed by atoms with Gasteiger partial charge in [-0.25, -0.2) is 10.2 Å². The summed E-state index contributed by atoms with van der Waals surface area (Å²) in [4.78, 5) is 10.3. The third-order valence-corrected chi connectivity index (χ3v) is 2.47. The molecule has 2 unspecified atom stereocenters. The number of urea groups is 1. The van der Waals surface area contributed by atoms with Crippen LogP contribution in [0.1, 0.15) is 12.8 Å². The van der Waals surface area contributed by atoms with Crippen LogP contribution in [0.5, 0.6) is 0 Å². The van der Waals surface area contributed by atoms with Crippen LogP contribution in [-0.2, 0) is 0 Å². The predicted molar refractivity (Wildman–Crippen MR) is 45.5 cm³/mol. The van der Waals surface area contributed by atoms with E-state index in [1.54, 1.807) is 0 Å². The van der Waals surface area contributed by atoms with Crippen LogP contribution in [0.4, 0.5) is 4.79 Å². The Morgan fingerprint density at radius 1 is 1.75 bits per heavy atom. The molecular weight excluding hydrogens is 154 g/mol. The van der Waals surface area contributed by atoms with Gasteiger partial charge in [-0.1, -0.05) is 12.2 Å². The summed E-state index contributed by atoms with van der Waals surface area (Å²) in [5, 5.41) is 3.92. The normalized spacial score (nSPS) is 34.5. The predicted octanol–water partition coefficient (Wildman–Crippen LogP) is 0.607. The molecule has 1 saturated carbocycles. The van der Waals surface area contributed by atoms with E-state index in [0.717, 1.165) is 18.6 Å². The van der Waals surface area contributed by atoms with Gasteiger partial charge in [-0.3, -0.25) is 0 Å². The van der Waals surface area contributed by atoms with Gasteiger partial charge in [0.1, 0.15) is 0 Å². The largest absolute Gasteiger partial charge is 0.350 e. The van der Waals surface area contributed by atoms with Gasteiger partial charge in [-0.05, 0) is 18.8 Å². The summed E-state index contributed by atoms with van der Waals surface area (Å²) in [6.45, 7) is 0. The number of amides is 2. The zero-order chi connectivity index (χ0) is 8.55. The van der Waals surface area contributed by atoms with Gasteiger partial charge in [0.05, 0.1) is 0 Å². The van der Waals surface area contributed by atoms with E-state index in [1.165, 1.54) is 0 Å². The van der Waals surface area contributed by atoms with Crippen molar-refractivity contribution >= 4 is 11.7 Å². The number of fused-ring (bicyclic) bond motifs is 1. The first-order chi connectivity index (χ1) is 5.77. The molecule has 0 aromatic rings. The minimum Gasteiger partial charge on any atom is -0.350 e. The molecule has 0 aromatic carbocycles. The molecule has 2 rings (SSSR count). The Kier molecular flexibility index (Phi) is 1.60. The standard InChI is InChI=1S/C8H11N3O/c9-8(12)11-10-7-4-5-2-1-3-6(5)7/h1-2,5-6H,3-4H2,(H3,9,11,12)/b10-7-. The third-order valence-electron chi connectivity index (χ3n) is 2.47. The zero-order valence-corrected chi connectivity index (χ0v) is 6.66. The van der Waals surface area contributed by atoms with Crippen LogP contribution in [0.2, 0.25) is 0 Å². The SMILES string of the molecule is NC(=O)N/N=C1/CC2C=CCC12. The molecule has 1 fully saturated rings. The molecule has 3 N–H and O–H groups in total. The summed E-state index contributed by atoms with van der Waals surface area (Å²) >= 11 is 0. The summed E-state index contributed by atoms with van der Waals surface area (Å²) in [7, 11) is 0. The maximum atomic E-state index is 10.3. The van der Waals surface area contributed by atoms with Crippen molar-refractivity contribution in [3.63, 3.8) is 0 Å². The highest BCUT2D eigenvalue weighted by Gasteiger charge is 2.37. The van der Waals surface area contributed by atoms with Crippen LogP contribution < -0.4 is 11.2 Å². The lowest BCUT2D eigenvalue weighted by molar-refractivity contribution is 0.249. The molecule has 12 heavy (non-hydrogen) atoms. The number of hydrogen-bond donors (Lipinski definition) is 2. The first-order valence-electron chi connectivity index (χ1n) is 4.06. The molecule has 4 heteroatoms. The molecule has 64 valence electrons. The molecule has 0 aromatic heterocycles. The highest BCUT2D eigenvalue weighted by molar-refractivity contribution is 5.94. The number of nitrogens with zero attached hydrogens (tertiary/aromatic N) is 1. The van der Waals surface area contributed by atoms with E-state index in [-0.39, 0.29) is 0 Å². The van der Waals surface area contributed by atoms with E-state index >= 15 is 0 Å². The lowest BCUT2D eigenvalue weighted by Crippen LogP contribution is -2.36. The van der Waals surface area contributed by atoms with E-state index in [9.17, 15) is 4.79 Å². The average molecular weight is 165 g/mol. The topological polar surface area (TPSA) is 67.5 Å². The number of nitrogens with two attached hydrogens (primary N) is 1. The number of hydrogen-bond acceptors (Lipinski definition) is 2. The van der Waals surface area contributed by atoms with Crippen molar-refractivity contribution in [2.75, 3.05) is 0 Å². The lowest BCUT2D eigenvalue weighted by Gasteiger charge is -2.31. The number of primary amides is 1. The minimum absolute atomic E-state index is 0.539. The van der Waals surface area contributed by atoms with E-state index in [4.69, 9.17) is 5.73 Å². The summed E-state index contributed by atoms with van der Waals surface area (Å²) in [5.74, 6) is 1.20. The molecule has 4 nitrogen and oxygen atoms in total. The molecule has 0 radical (unpaired) electrons. The fourth-order valence-electron chi connectivity index (χ4n) is 1.79. The van der Waals surface area contributed by atoms with Crippen molar-refractivity contribution in [3.8, 4) is 0 Å². The molecule has 2 aliphatic carbocycles. The van der Waals surface area contributed by atoms with Crippen LogP contribution >= 0.6 is 0 Å². The Morgan fingerprint density at radius 3 is 3.25 bits per heavy atom. The second-order valence-electron chi connectivity index (χ2n) is 3.22. The number of hydrazone groups is 1. The van der Waals surface area contributed by atoms with Gasteiger partial charge in [0.2, 0.25) is 0 Å². The summed E-state index contributed by atoms with van der Waals surface area (Å²) in [6.07, 6.45) is 6.42. The minimum atomic E-state index is -0.586. The Balaban J connectivity index is 1.92. The zero-order valence-electron chi connectivity index (χ0n) is 6.66. The Bertz CT molecular complexity index is 269. The second kappa shape index (κ2) is 2.62. The van der Waals surface area contributed by atoms with Gasteiger partial charge in [0.25, 0.3) is 0 Å². The molecule has 2 aliphatic rings. The van der Waals surface area contributed by atoms with Crippen molar-refractivity contribution in [3.05, 3.63) is 12.2 Å². The average Bonchev–Trinajstić information content (AvgIpc) is 2.32. The van der Waals surface area contributed by atoms with Crippen LogP contribution in [0, 0.1) is 11.8 Å². The van der Waals surface area contributed by atoms with Gasteiger partial charge in [0, 0.05) is 11.6 Å². The van der Waals surface area contributed by atoms with Crippen LogP contribution in [0.25, 0.3) is 0 Å². The van der Waals surface area contributed by atoms with Gasteiger partial charge in [-0.2, -0.15) is 5.10 Å². The number of carbonyl (C=O) groups is 1. The van der Waals surface area contributed by atoms with Crippen molar-refractivity contribution in [2.24, 2.45) is 22.7 Å². The van der Waals surface area contributed by atoms with Gasteiger partial charge in [-0.15, -0.1) is 0 Å². The van der Waals surface area contributed by atoms with E-state index < -0.39 is 6.03 Å². The van der Waals surface area contributed by atoms with Crippen molar-refractivity contribution in [1.82, 2.24) is 5.43 Å². The van der Waals surface area contributed by atoms with E-state index in [2.05, 4.69) is 22.7 Å². The summed E-state index contributed by atoms with van der Waals surface area (Å²) in [6, 6.07) is -0.586. The van der Waals surface area contributed by atoms with Crippen LogP contribution in [0.3, 0.4) is 0 Å². The molecule has 0 bridgehead atoms. The maximum absolute atomic E-state index is 10.3. The molecule has 2 amide bonds. The molecule has 0 saturated heterocycles. The molecule has 2 atom stereocenters. The molecule has 0 aliphatic heterocycles. The quantitative estimate of drug-likeness (QED) is 0.433. The van der Waals surface area contributed by atoms with Crippen molar-refractivity contribution < 1.29 is 4.79 Å². The monoisotopic (exact) mass is 165 g/mol. The number of carbonyl (C=O) groups excluding carboxylic acids is 1. The lowest BCUT2D eigenvalue weighted by atomic mass is 9.74. The fraction of sp³-hybridized carbons (Fsp3) is 0.500. The third kappa shape index (κ3) is 1.09. The van der Waals surface area contributed by atoms with Crippen molar-refractivity contribution in [1.29, 1.82) is 0 Å². The van der Waals surface area contributed by atoms with Crippen LogP contribution in [-0.4, -0.2) is 11.7 Å². The van der Waals surface area contributed by atoms with Crippen LogP contribution in [0.15, 0.2) is 17.3 Å². The second-order valence-corrected chi connectivity index (χ2v) is 3.22. The number of rotatable bonds is 1. The molecule has 0 spiro atoms. The Hall–Kier alpha value is -1.32. The number of allylic oxidation sites excluding steroid dienone is 2. The summed E-state index contributed by atoms with van der Waals surface area (Å²) in [5.41, 5.74) is 8.22. The first kappa shape index (κ1) is 7.34. The highest BCUT2D eigenvalue weighted by atomic mass is 16.2. The molecular formula is C8H11N3O. The maximum Gasteiger partial charge on any atom is 0.332 e. The molecule has 0 heterocycles. The summed E-state index contributed by atoms with van der Waals surface area (Å²) < 4.78 is 0. The van der Waals surface area contributed by atoms with E-state index in [0.29, 0.717) is 11.8 Å². The van der Waals surface area contributed by atoms with Gasteiger partial charge >= 0.3 is 6.03 Å². The fourth-order valence-corrected chi connectivity index (χ4v) is 1.79. The highest BCUT2D eigenvalue weighted by Crippen LogP contribution is 2.39. The van der Waals surface area contributed by atoms with Crippen molar-refractivity contribution in [2.45, 2.75) is 12.8 Å². The Labute approximate surface area is 70.5 Å². The van der Waals surface area contributed by atoms with E-state index in [1.807, 2.05) is 0 Å². The van der Waals surface area contributed by atoms with Gasteiger partial charge in [0.15, 0.2) is 0 Å². The smallest absolute Gasteiger partial charge is 0.332 e. The van der Waals surface area contributed by atoms with Gasteiger partial charge < -0.3 is 5.73 Å². The number of nitrogens with one attached hydrogen (secondary N) is 1. The first-order valence-corrected chi connectivity index (χ1v) is 4.06. The Morgan fingerprint density at radius 2 is 2.58 bits per heavy atom.